The number of rotatable bonds is 7. The first-order chi connectivity index (χ1) is 18.4. The largest absolute Gasteiger partial charge is 0.462 e. The number of carbonyl (C=O) groups excluding carboxylic acids is 2. The van der Waals surface area contributed by atoms with Gasteiger partial charge in [-0.1, -0.05) is 6.07 Å². The average molecular weight is 561 g/mol. The highest BCUT2D eigenvalue weighted by Crippen LogP contribution is 2.39. The molecule has 4 aromatic rings. The zero-order chi connectivity index (χ0) is 28.5. The highest BCUT2D eigenvalue weighted by atomic mass is 32.1. The summed E-state index contributed by atoms with van der Waals surface area (Å²) < 4.78 is 46.5. The van der Waals surface area contributed by atoms with Gasteiger partial charge < -0.3 is 19.7 Å². The molecule has 0 aliphatic carbocycles. The number of nitrogens with one attached hydrogen (secondary N) is 1. The molecule has 3 aromatic heterocycles. The van der Waals surface area contributed by atoms with Gasteiger partial charge in [0.25, 0.3) is 0 Å². The van der Waals surface area contributed by atoms with Crippen LogP contribution in [0.5, 0.6) is 0 Å². The van der Waals surface area contributed by atoms with Crippen LogP contribution in [-0.4, -0.2) is 44.7 Å². The summed E-state index contributed by atoms with van der Waals surface area (Å²) in [6, 6.07) is 5.67. The van der Waals surface area contributed by atoms with Crippen molar-refractivity contribution in [1.29, 1.82) is 0 Å². The molecule has 0 bridgehead atoms. The Kier molecular flexibility index (Phi) is 7.84. The lowest BCUT2D eigenvalue weighted by Crippen LogP contribution is -2.23. The quantitative estimate of drug-likeness (QED) is 0.309. The van der Waals surface area contributed by atoms with Crippen LogP contribution in [0.15, 0.2) is 46.8 Å². The van der Waals surface area contributed by atoms with E-state index in [2.05, 4.69) is 15.3 Å². The molecule has 0 aliphatic heterocycles. The first-order valence-corrected chi connectivity index (χ1v) is 12.6. The molecule has 0 saturated carbocycles. The lowest BCUT2D eigenvalue weighted by atomic mass is 9.99. The molecule has 0 radical (unpaired) electrons. The summed E-state index contributed by atoms with van der Waals surface area (Å²) in [4.78, 5) is 45.4. The van der Waals surface area contributed by atoms with Crippen molar-refractivity contribution in [1.82, 2.24) is 14.5 Å². The Hall–Kier alpha value is -4.10. The number of aromatic nitrogens is 3. The number of fused-ring (bicyclic) bond motifs is 1. The number of aliphatic hydroxyl groups excluding tert-OH is 1. The molecule has 9 nitrogen and oxygen atoms in total. The van der Waals surface area contributed by atoms with E-state index in [0.717, 1.165) is 16.7 Å². The van der Waals surface area contributed by atoms with Crippen LogP contribution in [0.25, 0.3) is 32.6 Å². The first-order valence-electron chi connectivity index (χ1n) is 11.7. The lowest BCUT2D eigenvalue weighted by molar-refractivity contribution is -0.140. The maximum Gasteiger partial charge on any atom is 0.434 e. The molecule has 13 heteroatoms. The molecule has 0 fully saturated rings. The normalized spacial score (nSPS) is 12.4. The summed E-state index contributed by atoms with van der Waals surface area (Å²) >= 11 is 0.767. The molecular formula is C26H23F3N4O5S. The zero-order valence-corrected chi connectivity index (χ0v) is 21.8. The number of anilines is 1. The third-order valence-electron chi connectivity index (χ3n) is 5.81. The van der Waals surface area contributed by atoms with Crippen LogP contribution in [0.1, 0.15) is 42.9 Å². The molecular weight excluding hydrogens is 537 g/mol. The number of esters is 1. The number of hydrogen-bond acceptors (Lipinski definition) is 8. The van der Waals surface area contributed by atoms with E-state index in [1.807, 2.05) is 0 Å². The Morgan fingerprint density at radius 2 is 1.97 bits per heavy atom. The number of halogens is 3. The van der Waals surface area contributed by atoms with E-state index >= 15 is 0 Å². The maximum atomic E-state index is 13.4. The molecule has 4 rings (SSSR count). The number of ether oxygens (including phenoxy) is 1. The van der Waals surface area contributed by atoms with E-state index in [0.29, 0.717) is 16.6 Å². The fourth-order valence-corrected chi connectivity index (χ4v) is 4.83. The Morgan fingerprint density at radius 3 is 2.59 bits per heavy atom. The van der Waals surface area contributed by atoms with Crippen LogP contribution in [-0.2, 0) is 15.7 Å². The molecule has 0 spiro atoms. The summed E-state index contributed by atoms with van der Waals surface area (Å²) in [6.45, 7) is 4.36. The Morgan fingerprint density at radius 1 is 1.23 bits per heavy atom. The Labute approximate surface area is 223 Å². The fraction of sp³-hybridized carbons (Fsp3) is 0.269. The maximum absolute atomic E-state index is 13.4. The van der Waals surface area contributed by atoms with Gasteiger partial charge >= 0.3 is 12.1 Å². The van der Waals surface area contributed by atoms with Crippen molar-refractivity contribution in [2.24, 2.45) is 0 Å². The van der Waals surface area contributed by atoms with Crippen molar-refractivity contribution in [2.45, 2.75) is 33.0 Å². The molecule has 39 heavy (non-hydrogen) atoms. The van der Waals surface area contributed by atoms with Crippen molar-refractivity contribution in [3.8, 4) is 21.7 Å². The van der Waals surface area contributed by atoms with Crippen LogP contribution >= 0.6 is 11.3 Å². The zero-order valence-electron chi connectivity index (χ0n) is 21.0. The number of nitrogens with zero attached hydrogens (tertiary/aromatic N) is 3. The van der Waals surface area contributed by atoms with Gasteiger partial charge in [0.2, 0.25) is 11.3 Å². The highest BCUT2D eigenvalue weighted by molar-refractivity contribution is 7.13. The predicted octanol–water partition coefficient (Wildman–Crippen LogP) is 4.89. The molecule has 0 unspecified atom stereocenters. The third-order valence-corrected chi connectivity index (χ3v) is 6.69. The molecule has 1 amide bonds. The number of hydrogen-bond donors (Lipinski definition) is 2. The van der Waals surface area contributed by atoms with Crippen LogP contribution in [0.2, 0.25) is 0 Å². The third kappa shape index (κ3) is 5.68. The van der Waals surface area contributed by atoms with Crippen molar-refractivity contribution in [2.75, 3.05) is 18.5 Å². The van der Waals surface area contributed by atoms with Gasteiger partial charge in [-0.25, -0.2) is 14.8 Å². The SMILES string of the molecule is CCOC(=O)c1cn([C@H](C)CO)c2ccc(-c3cnc(NC(C)=O)cc3-c3nc(C(F)(F)F)cs3)cc2c1=O. The summed E-state index contributed by atoms with van der Waals surface area (Å²) in [6.07, 6.45) is -1.95. The topological polar surface area (TPSA) is 123 Å². The highest BCUT2D eigenvalue weighted by Gasteiger charge is 2.34. The average Bonchev–Trinajstić information content (AvgIpc) is 3.39. The van der Waals surface area contributed by atoms with Crippen LogP contribution in [0.3, 0.4) is 0 Å². The van der Waals surface area contributed by atoms with Crippen molar-refractivity contribution < 1.29 is 32.6 Å². The van der Waals surface area contributed by atoms with E-state index in [1.165, 1.54) is 31.5 Å². The molecule has 3 heterocycles. The minimum atomic E-state index is -4.65. The number of amides is 1. The molecule has 1 aromatic carbocycles. The minimum absolute atomic E-state index is 0.0259. The summed E-state index contributed by atoms with van der Waals surface area (Å²) in [5.74, 6) is -1.14. The van der Waals surface area contributed by atoms with Gasteiger partial charge in [-0.2, -0.15) is 13.2 Å². The number of thiazole rings is 1. The number of aliphatic hydroxyl groups is 1. The van der Waals surface area contributed by atoms with Crippen LogP contribution in [0, 0.1) is 0 Å². The van der Waals surface area contributed by atoms with Crippen LogP contribution in [0.4, 0.5) is 19.0 Å². The van der Waals surface area contributed by atoms with Gasteiger partial charge in [-0.05, 0) is 37.6 Å². The second-order valence-electron chi connectivity index (χ2n) is 8.60. The Bertz CT molecular complexity index is 1630. The molecule has 1 atom stereocenters. The van der Waals surface area contributed by atoms with E-state index in [1.54, 1.807) is 30.5 Å². The van der Waals surface area contributed by atoms with Gasteiger partial charge in [0.1, 0.15) is 16.4 Å². The second-order valence-corrected chi connectivity index (χ2v) is 9.45. The molecule has 204 valence electrons. The molecule has 0 aliphatic rings. The number of benzene rings is 1. The van der Waals surface area contributed by atoms with E-state index in [-0.39, 0.29) is 40.6 Å². The van der Waals surface area contributed by atoms with Crippen molar-refractivity contribution in [3.63, 3.8) is 0 Å². The summed E-state index contributed by atoms with van der Waals surface area (Å²) in [5, 5.41) is 13.3. The second kappa shape index (κ2) is 10.9. The van der Waals surface area contributed by atoms with E-state index in [9.17, 15) is 32.7 Å². The number of alkyl halides is 3. The smallest absolute Gasteiger partial charge is 0.434 e. The van der Waals surface area contributed by atoms with Gasteiger partial charge in [-0.3, -0.25) is 9.59 Å². The fourth-order valence-electron chi connectivity index (χ4n) is 3.97. The number of pyridine rings is 2. The predicted molar refractivity (Wildman–Crippen MR) is 140 cm³/mol. The lowest BCUT2D eigenvalue weighted by Gasteiger charge is -2.19. The van der Waals surface area contributed by atoms with Crippen molar-refractivity contribution in [3.05, 3.63) is 63.5 Å². The molecule has 0 saturated heterocycles. The first kappa shape index (κ1) is 27.9. The monoisotopic (exact) mass is 560 g/mol. The van der Waals surface area contributed by atoms with E-state index in [4.69, 9.17) is 4.74 Å². The molecule has 2 N–H and O–H groups in total. The van der Waals surface area contributed by atoms with Gasteiger partial charge in [-0.15, -0.1) is 11.3 Å². The Balaban J connectivity index is 1.97. The van der Waals surface area contributed by atoms with Gasteiger partial charge in [0.15, 0.2) is 5.69 Å². The summed E-state index contributed by atoms with van der Waals surface area (Å²) in [7, 11) is 0. The van der Waals surface area contributed by atoms with Gasteiger partial charge in [0, 0.05) is 41.2 Å². The van der Waals surface area contributed by atoms with E-state index < -0.39 is 35.2 Å². The summed E-state index contributed by atoms with van der Waals surface area (Å²) in [5.41, 5.74) is -0.470. The van der Waals surface area contributed by atoms with Gasteiger partial charge in [0.05, 0.1) is 24.8 Å². The minimum Gasteiger partial charge on any atom is -0.462 e. The number of carbonyl (C=O) groups is 2. The van der Waals surface area contributed by atoms with Crippen molar-refractivity contribution >= 4 is 39.9 Å². The van der Waals surface area contributed by atoms with Crippen LogP contribution < -0.4 is 10.7 Å². The standard InChI is InChI=1S/C26H23F3N4O5S/c1-4-38-25(37)19-10-33(13(2)11-34)20-6-5-15(7-17(20)23(19)36)18-9-30-22(31-14(3)35)8-16(18)24-32-21(12-39-24)26(27,28)29/h5-10,12-13,34H,4,11H2,1-3H3,(H,30,31,35)/t13-/m1/s1.